The van der Waals surface area contributed by atoms with E-state index in [0.717, 1.165) is 31.9 Å². The Balaban J connectivity index is 2.25. The Hall–Kier alpha value is -0.330. The highest BCUT2D eigenvalue weighted by molar-refractivity contribution is 7.98. The minimum absolute atomic E-state index is 0.268. The predicted molar refractivity (Wildman–Crippen MR) is 72.8 cm³/mol. The van der Waals surface area contributed by atoms with Crippen molar-refractivity contribution >= 4 is 34.9 Å². The normalized spacial score (nSPS) is 17.4. The smallest absolute Gasteiger partial charge is 0.223 e. The van der Waals surface area contributed by atoms with Crippen molar-refractivity contribution in [3.8, 4) is 0 Å². The molecular weight excluding hydrogens is 242 g/mol. The van der Waals surface area contributed by atoms with E-state index in [9.17, 15) is 4.79 Å². The molecular formula is C10H19N3OS2. The van der Waals surface area contributed by atoms with E-state index in [0.29, 0.717) is 18.0 Å². The summed E-state index contributed by atoms with van der Waals surface area (Å²) in [5.74, 6) is 1.18. The number of hydrogen-bond donors (Lipinski definition) is 1. The monoisotopic (exact) mass is 261 g/mol. The van der Waals surface area contributed by atoms with Crippen LogP contribution < -0.4 is 5.73 Å². The van der Waals surface area contributed by atoms with E-state index in [-0.39, 0.29) is 5.91 Å². The number of thiocarbonyl (C=S) groups is 1. The van der Waals surface area contributed by atoms with Crippen LogP contribution in [-0.4, -0.2) is 65.4 Å². The van der Waals surface area contributed by atoms with Crippen molar-refractivity contribution in [2.75, 3.05) is 44.7 Å². The van der Waals surface area contributed by atoms with Crippen LogP contribution in [0.25, 0.3) is 0 Å². The Morgan fingerprint density at radius 1 is 1.38 bits per heavy atom. The Kier molecular flexibility index (Phi) is 6.08. The van der Waals surface area contributed by atoms with Crippen LogP contribution in [0.5, 0.6) is 0 Å². The van der Waals surface area contributed by atoms with Crippen molar-refractivity contribution in [1.29, 1.82) is 0 Å². The summed E-state index contributed by atoms with van der Waals surface area (Å²) in [6, 6.07) is 0. The largest absolute Gasteiger partial charge is 0.392 e. The summed E-state index contributed by atoms with van der Waals surface area (Å²) in [7, 11) is 0. The quantitative estimate of drug-likeness (QED) is 0.715. The van der Waals surface area contributed by atoms with Crippen LogP contribution in [0.15, 0.2) is 0 Å². The van der Waals surface area contributed by atoms with Crippen LogP contribution in [-0.2, 0) is 4.79 Å². The summed E-state index contributed by atoms with van der Waals surface area (Å²) in [6.45, 7) is 4.03. The Morgan fingerprint density at radius 3 is 2.50 bits per heavy atom. The molecule has 2 N–H and O–H groups in total. The van der Waals surface area contributed by atoms with Crippen molar-refractivity contribution in [1.82, 2.24) is 9.80 Å². The van der Waals surface area contributed by atoms with Gasteiger partial charge in [0.1, 0.15) is 0 Å². The van der Waals surface area contributed by atoms with Crippen molar-refractivity contribution in [2.24, 2.45) is 5.73 Å². The molecule has 1 saturated heterocycles. The van der Waals surface area contributed by atoms with Gasteiger partial charge in [-0.1, -0.05) is 12.2 Å². The SMILES string of the molecule is CSCCC(=O)N1CCN(CC(N)=S)CC1. The van der Waals surface area contributed by atoms with E-state index in [1.165, 1.54) is 0 Å². The molecule has 92 valence electrons. The van der Waals surface area contributed by atoms with E-state index < -0.39 is 0 Å². The summed E-state index contributed by atoms with van der Waals surface area (Å²) >= 11 is 6.58. The Labute approximate surface area is 107 Å². The lowest BCUT2D eigenvalue weighted by Gasteiger charge is -2.34. The first-order chi connectivity index (χ1) is 7.63. The van der Waals surface area contributed by atoms with Gasteiger partial charge in [0.25, 0.3) is 0 Å². The molecule has 1 rings (SSSR count). The molecule has 1 amide bonds. The van der Waals surface area contributed by atoms with Crippen LogP contribution >= 0.6 is 24.0 Å². The average molecular weight is 261 g/mol. The molecule has 1 aliphatic heterocycles. The van der Waals surface area contributed by atoms with Crippen LogP contribution in [0.1, 0.15) is 6.42 Å². The van der Waals surface area contributed by atoms with Gasteiger partial charge >= 0.3 is 0 Å². The van der Waals surface area contributed by atoms with Crippen LogP contribution in [0.2, 0.25) is 0 Å². The average Bonchev–Trinajstić information content (AvgIpc) is 2.26. The zero-order valence-corrected chi connectivity index (χ0v) is 11.3. The number of carbonyl (C=O) groups excluding carboxylic acids is 1. The number of hydrogen-bond acceptors (Lipinski definition) is 4. The number of thioether (sulfide) groups is 1. The van der Waals surface area contributed by atoms with Gasteiger partial charge in [-0.2, -0.15) is 11.8 Å². The number of piperazine rings is 1. The van der Waals surface area contributed by atoms with Gasteiger partial charge in [0.05, 0.1) is 4.99 Å². The molecule has 0 radical (unpaired) electrons. The number of rotatable bonds is 5. The van der Waals surface area contributed by atoms with Gasteiger partial charge in [-0.3, -0.25) is 9.69 Å². The minimum atomic E-state index is 0.268. The van der Waals surface area contributed by atoms with E-state index in [4.69, 9.17) is 18.0 Å². The molecule has 1 aliphatic rings. The summed E-state index contributed by atoms with van der Waals surface area (Å²) < 4.78 is 0. The van der Waals surface area contributed by atoms with Crippen LogP contribution in [0.3, 0.4) is 0 Å². The second-order valence-corrected chi connectivity index (χ2v) is 5.38. The van der Waals surface area contributed by atoms with E-state index in [1.54, 1.807) is 11.8 Å². The van der Waals surface area contributed by atoms with Gasteiger partial charge < -0.3 is 10.6 Å². The Bertz CT molecular complexity index is 252. The third-order valence-electron chi connectivity index (χ3n) is 2.62. The van der Waals surface area contributed by atoms with Gasteiger partial charge in [0.15, 0.2) is 0 Å². The van der Waals surface area contributed by atoms with Gasteiger partial charge in [-0.15, -0.1) is 0 Å². The highest BCUT2D eigenvalue weighted by Crippen LogP contribution is 2.05. The lowest BCUT2D eigenvalue weighted by atomic mass is 10.3. The molecule has 0 aromatic heterocycles. The summed E-state index contributed by atoms with van der Waals surface area (Å²) in [6.07, 6.45) is 2.67. The van der Waals surface area contributed by atoms with Gasteiger partial charge in [0, 0.05) is 44.9 Å². The molecule has 0 aromatic rings. The first kappa shape index (κ1) is 13.7. The molecule has 1 heterocycles. The zero-order chi connectivity index (χ0) is 12.0. The molecule has 6 heteroatoms. The van der Waals surface area contributed by atoms with E-state index >= 15 is 0 Å². The molecule has 0 aromatic carbocycles. The van der Waals surface area contributed by atoms with Gasteiger partial charge in [0.2, 0.25) is 5.91 Å². The molecule has 0 aliphatic carbocycles. The highest BCUT2D eigenvalue weighted by atomic mass is 32.2. The summed E-state index contributed by atoms with van der Waals surface area (Å²) in [4.78, 5) is 16.4. The van der Waals surface area contributed by atoms with Crippen LogP contribution in [0, 0.1) is 0 Å². The molecule has 4 nitrogen and oxygen atoms in total. The van der Waals surface area contributed by atoms with Crippen molar-refractivity contribution < 1.29 is 4.79 Å². The molecule has 0 saturated carbocycles. The third-order valence-corrected chi connectivity index (χ3v) is 3.37. The standard InChI is InChI=1S/C10H19N3OS2/c1-16-7-2-10(14)13-5-3-12(4-6-13)8-9(11)15/h2-8H2,1H3,(H2,11,15). The number of carbonyl (C=O) groups is 1. The number of amides is 1. The highest BCUT2D eigenvalue weighted by Gasteiger charge is 2.20. The fourth-order valence-corrected chi connectivity index (χ4v) is 2.28. The molecule has 0 atom stereocenters. The van der Waals surface area contributed by atoms with Crippen molar-refractivity contribution in [3.63, 3.8) is 0 Å². The summed E-state index contributed by atoms with van der Waals surface area (Å²) in [5, 5.41) is 0. The first-order valence-electron chi connectivity index (χ1n) is 5.41. The summed E-state index contributed by atoms with van der Waals surface area (Å²) in [5.41, 5.74) is 5.49. The fraction of sp³-hybridized carbons (Fsp3) is 0.800. The maximum Gasteiger partial charge on any atom is 0.223 e. The van der Waals surface area contributed by atoms with E-state index in [2.05, 4.69) is 4.90 Å². The molecule has 1 fully saturated rings. The molecule has 0 unspecified atom stereocenters. The number of nitrogens with two attached hydrogens (primary N) is 1. The zero-order valence-electron chi connectivity index (χ0n) is 9.65. The fourth-order valence-electron chi connectivity index (χ4n) is 1.72. The Morgan fingerprint density at radius 2 is 2.00 bits per heavy atom. The topological polar surface area (TPSA) is 49.6 Å². The predicted octanol–water partition coefficient (Wildman–Crippen LogP) is 0.170. The maximum atomic E-state index is 11.7. The third kappa shape index (κ3) is 4.67. The van der Waals surface area contributed by atoms with Crippen LogP contribution in [0.4, 0.5) is 0 Å². The van der Waals surface area contributed by atoms with Gasteiger partial charge in [-0.05, 0) is 6.26 Å². The lowest BCUT2D eigenvalue weighted by Crippen LogP contribution is -2.50. The molecule has 16 heavy (non-hydrogen) atoms. The second-order valence-electron chi connectivity index (χ2n) is 3.87. The number of nitrogens with zero attached hydrogens (tertiary/aromatic N) is 2. The molecule has 0 spiro atoms. The van der Waals surface area contributed by atoms with Crippen molar-refractivity contribution in [2.45, 2.75) is 6.42 Å². The van der Waals surface area contributed by atoms with Gasteiger partial charge in [-0.25, -0.2) is 0 Å². The lowest BCUT2D eigenvalue weighted by molar-refractivity contribution is -0.132. The van der Waals surface area contributed by atoms with Crippen molar-refractivity contribution in [3.05, 3.63) is 0 Å². The van der Waals surface area contributed by atoms with E-state index in [1.807, 2.05) is 11.2 Å². The maximum absolute atomic E-state index is 11.7. The second kappa shape index (κ2) is 7.09. The molecule has 0 bridgehead atoms. The minimum Gasteiger partial charge on any atom is -0.392 e. The first-order valence-corrected chi connectivity index (χ1v) is 7.21.